The number of aromatic nitrogens is 3. The lowest BCUT2D eigenvalue weighted by Gasteiger charge is -2.20. The summed E-state index contributed by atoms with van der Waals surface area (Å²) in [5, 5.41) is 8.01. The number of rotatable bonds is 1. The summed E-state index contributed by atoms with van der Waals surface area (Å²) in [7, 11) is 1.42. The fourth-order valence-electron chi connectivity index (χ4n) is 1.84. The van der Waals surface area contributed by atoms with E-state index in [1.54, 1.807) is 0 Å². The Hall–Kier alpha value is -1.39. The summed E-state index contributed by atoms with van der Waals surface area (Å²) >= 11 is 0. The Labute approximate surface area is 82.1 Å². The zero-order chi connectivity index (χ0) is 10.1. The highest BCUT2D eigenvalue weighted by Gasteiger charge is 2.27. The second kappa shape index (κ2) is 3.40. The molecule has 2 heterocycles. The smallest absolute Gasteiger partial charge is 0.309 e. The van der Waals surface area contributed by atoms with E-state index in [0.717, 1.165) is 24.6 Å². The van der Waals surface area contributed by atoms with Gasteiger partial charge in [-0.05, 0) is 13.3 Å². The van der Waals surface area contributed by atoms with Crippen LogP contribution in [0.25, 0.3) is 0 Å². The molecule has 1 atom stereocenters. The molecule has 0 N–H and O–H groups in total. The third-order valence-electron chi connectivity index (χ3n) is 2.68. The van der Waals surface area contributed by atoms with Gasteiger partial charge in [0.25, 0.3) is 0 Å². The van der Waals surface area contributed by atoms with Gasteiger partial charge in [-0.3, -0.25) is 4.79 Å². The van der Waals surface area contributed by atoms with Crippen LogP contribution < -0.4 is 0 Å². The van der Waals surface area contributed by atoms with E-state index in [0.29, 0.717) is 6.42 Å². The van der Waals surface area contributed by atoms with Gasteiger partial charge in [-0.25, -0.2) is 0 Å². The Balaban J connectivity index is 2.18. The van der Waals surface area contributed by atoms with E-state index in [2.05, 4.69) is 14.8 Å². The molecule has 5 heteroatoms. The topological polar surface area (TPSA) is 57.0 Å². The number of hydrogen-bond donors (Lipinski definition) is 0. The Bertz CT molecular complexity index is 359. The summed E-state index contributed by atoms with van der Waals surface area (Å²) in [5.41, 5.74) is 0. The molecule has 0 radical (unpaired) electrons. The molecule has 14 heavy (non-hydrogen) atoms. The van der Waals surface area contributed by atoms with Gasteiger partial charge in [-0.2, -0.15) is 0 Å². The van der Waals surface area contributed by atoms with Gasteiger partial charge < -0.3 is 9.30 Å². The van der Waals surface area contributed by atoms with Crippen LogP contribution in [-0.2, 0) is 22.5 Å². The van der Waals surface area contributed by atoms with Crippen LogP contribution in [0.3, 0.4) is 0 Å². The first-order valence-electron chi connectivity index (χ1n) is 4.69. The molecule has 5 nitrogen and oxygen atoms in total. The number of aryl methyl sites for hydroxylation is 1. The molecule has 0 amide bonds. The number of fused-ring (bicyclic) bond motifs is 1. The predicted molar refractivity (Wildman–Crippen MR) is 48.6 cm³/mol. The Morgan fingerprint density at radius 1 is 1.57 bits per heavy atom. The van der Waals surface area contributed by atoms with Crippen molar-refractivity contribution in [3.8, 4) is 0 Å². The first-order valence-corrected chi connectivity index (χ1v) is 4.69. The van der Waals surface area contributed by atoms with Crippen molar-refractivity contribution in [3.05, 3.63) is 11.6 Å². The number of carbonyl (C=O) groups is 1. The van der Waals surface area contributed by atoms with Crippen molar-refractivity contribution in [2.45, 2.75) is 26.3 Å². The molecular weight excluding hydrogens is 182 g/mol. The van der Waals surface area contributed by atoms with Crippen LogP contribution in [0.1, 0.15) is 18.1 Å². The highest BCUT2D eigenvalue weighted by Crippen LogP contribution is 2.20. The maximum absolute atomic E-state index is 11.3. The van der Waals surface area contributed by atoms with Crippen molar-refractivity contribution in [1.29, 1.82) is 0 Å². The maximum Gasteiger partial charge on any atom is 0.309 e. The number of nitrogens with zero attached hydrogens (tertiary/aromatic N) is 3. The van der Waals surface area contributed by atoms with Crippen molar-refractivity contribution < 1.29 is 9.53 Å². The third-order valence-corrected chi connectivity index (χ3v) is 2.68. The van der Waals surface area contributed by atoms with Crippen LogP contribution in [-0.4, -0.2) is 27.8 Å². The molecule has 1 aliphatic rings. The van der Waals surface area contributed by atoms with Gasteiger partial charge in [0.15, 0.2) is 0 Å². The minimum atomic E-state index is -0.142. The standard InChI is InChI=1S/C9H13N3O2/c1-6-10-11-8-5-7(9(13)14-2)3-4-12(6)8/h7H,3-5H2,1-2H3/t7-/m1/s1. The van der Waals surface area contributed by atoms with Crippen LogP contribution in [0.5, 0.6) is 0 Å². The van der Waals surface area contributed by atoms with Gasteiger partial charge >= 0.3 is 5.97 Å². The van der Waals surface area contributed by atoms with Gasteiger partial charge in [-0.15, -0.1) is 10.2 Å². The molecule has 0 spiro atoms. The summed E-state index contributed by atoms with van der Waals surface area (Å²) in [4.78, 5) is 11.3. The molecular formula is C9H13N3O2. The third kappa shape index (κ3) is 1.38. The van der Waals surface area contributed by atoms with Crippen molar-refractivity contribution >= 4 is 5.97 Å². The zero-order valence-corrected chi connectivity index (χ0v) is 8.36. The van der Waals surface area contributed by atoms with Gasteiger partial charge in [0.2, 0.25) is 0 Å². The van der Waals surface area contributed by atoms with E-state index >= 15 is 0 Å². The molecule has 76 valence electrons. The van der Waals surface area contributed by atoms with E-state index < -0.39 is 0 Å². The highest BCUT2D eigenvalue weighted by molar-refractivity contribution is 5.72. The Morgan fingerprint density at radius 2 is 2.36 bits per heavy atom. The summed E-state index contributed by atoms with van der Waals surface area (Å²) < 4.78 is 6.77. The number of ether oxygens (including phenoxy) is 1. The van der Waals surface area contributed by atoms with Crippen LogP contribution in [0, 0.1) is 12.8 Å². The van der Waals surface area contributed by atoms with Gasteiger partial charge in [0.05, 0.1) is 13.0 Å². The quantitative estimate of drug-likeness (QED) is 0.606. The number of hydrogen-bond acceptors (Lipinski definition) is 4. The zero-order valence-electron chi connectivity index (χ0n) is 8.36. The lowest BCUT2D eigenvalue weighted by Crippen LogP contribution is -2.27. The first-order chi connectivity index (χ1) is 6.72. The van der Waals surface area contributed by atoms with Crippen LogP contribution in [0.2, 0.25) is 0 Å². The number of carbonyl (C=O) groups excluding carboxylic acids is 1. The van der Waals surface area contributed by atoms with Crippen LogP contribution in [0.15, 0.2) is 0 Å². The fraction of sp³-hybridized carbons (Fsp3) is 0.667. The normalized spacial score (nSPS) is 20.3. The average molecular weight is 195 g/mol. The highest BCUT2D eigenvalue weighted by atomic mass is 16.5. The second-order valence-electron chi connectivity index (χ2n) is 3.53. The first kappa shape index (κ1) is 9.18. The molecule has 1 aromatic rings. The second-order valence-corrected chi connectivity index (χ2v) is 3.53. The average Bonchev–Trinajstić information content (AvgIpc) is 2.59. The minimum Gasteiger partial charge on any atom is -0.469 e. The molecule has 0 saturated carbocycles. The summed E-state index contributed by atoms with van der Waals surface area (Å²) in [6.07, 6.45) is 1.46. The molecule has 0 unspecified atom stereocenters. The van der Waals surface area contributed by atoms with E-state index in [1.165, 1.54) is 7.11 Å². The molecule has 1 aliphatic heterocycles. The molecule has 0 saturated heterocycles. The minimum absolute atomic E-state index is 0.0453. The van der Waals surface area contributed by atoms with E-state index in [4.69, 9.17) is 4.74 Å². The lowest BCUT2D eigenvalue weighted by atomic mass is 9.98. The van der Waals surface area contributed by atoms with Crippen molar-refractivity contribution in [3.63, 3.8) is 0 Å². The molecule has 1 aromatic heterocycles. The van der Waals surface area contributed by atoms with Gasteiger partial charge in [-0.1, -0.05) is 0 Å². The van der Waals surface area contributed by atoms with Gasteiger partial charge in [0.1, 0.15) is 11.6 Å². The monoisotopic (exact) mass is 195 g/mol. The molecule has 0 aromatic carbocycles. The van der Waals surface area contributed by atoms with Crippen molar-refractivity contribution in [1.82, 2.24) is 14.8 Å². The van der Waals surface area contributed by atoms with Crippen LogP contribution in [0.4, 0.5) is 0 Å². The maximum atomic E-state index is 11.3. The lowest BCUT2D eigenvalue weighted by molar-refractivity contribution is -0.146. The summed E-state index contributed by atoms with van der Waals surface area (Å²) in [6, 6.07) is 0. The van der Waals surface area contributed by atoms with E-state index in [1.807, 2.05) is 6.92 Å². The largest absolute Gasteiger partial charge is 0.469 e. The Kier molecular flexibility index (Phi) is 2.23. The van der Waals surface area contributed by atoms with E-state index in [-0.39, 0.29) is 11.9 Å². The van der Waals surface area contributed by atoms with Crippen LogP contribution >= 0.6 is 0 Å². The van der Waals surface area contributed by atoms with Gasteiger partial charge in [0, 0.05) is 13.0 Å². The number of esters is 1. The predicted octanol–water partition coefficient (Wildman–Crippen LogP) is 0.322. The Morgan fingerprint density at radius 3 is 3.07 bits per heavy atom. The molecule has 2 rings (SSSR count). The summed E-state index contributed by atoms with van der Waals surface area (Å²) in [5.74, 6) is 1.63. The molecule has 0 aliphatic carbocycles. The SMILES string of the molecule is COC(=O)[C@@H]1CCn2c(C)nnc2C1. The fourth-order valence-corrected chi connectivity index (χ4v) is 1.84. The van der Waals surface area contributed by atoms with E-state index in [9.17, 15) is 4.79 Å². The molecule has 0 fully saturated rings. The number of methoxy groups -OCH3 is 1. The summed E-state index contributed by atoms with van der Waals surface area (Å²) in [6.45, 7) is 2.74. The van der Waals surface area contributed by atoms with Crippen molar-refractivity contribution in [2.75, 3.05) is 7.11 Å². The molecule has 0 bridgehead atoms. The van der Waals surface area contributed by atoms with Crippen molar-refractivity contribution in [2.24, 2.45) is 5.92 Å².